The van der Waals surface area contributed by atoms with E-state index >= 15 is 0 Å². The molecule has 1 N–H and O–H groups in total. The van der Waals surface area contributed by atoms with Gasteiger partial charge in [0.1, 0.15) is 0 Å². The second-order valence-corrected chi connectivity index (χ2v) is 7.83. The summed E-state index contributed by atoms with van der Waals surface area (Å²) < 4.78 is 38.7. The first-order valence-electron chi connectivity index (χ1n) is 10.4. The van der Waals surface area contributed by atoms with Gasteiger partial charge in [-0.3, -0.25) is 14.7 Å². The zero-order chi connectivity index (χ0) is 21.7. The number of alkyl halides is 3. The Balaban J connectivity index is 1.51. The summed E-state index contributed by atoms with van der Waals surface area (Å²) >= 11 is 0. The van der Waals surface area contributed by atoms with Crippen LogP contribution in [-0.4, -0.2) is 78.9 Å². The number of amides is 1. The molecule has 2 aliphatic heterocycles. The molecule has 0 aliphatic carbocycles. The van der Waals surface area contributed by atoms with Gasteiger partial charge in [0, 0.05) is 52.9 Å². The molecule has 1 aromatic carbocycles. The number of aliphatic imine (C=N–C) groups is 1. The third kappa shape index (κ3) is 5.44. The zero-order valence-electron chi connectivity index (χ0n) is 17.6. The number of hydrogen-bond acceptors (Lipinski definition) is 3. The Kier molecular flexibility index (Phi) is 7.23. The lowest BCUT2D eigenvalue weighted by Gasteiger charge is -2.39. The monoisotopic (exact) mass is 425 g/mol. The molecule has 1 amide bonds. The molecular formula is C21H30F3N5O. The van der Waals surface area contributed by atoms with Gasteiger partial charge in [0.15, 0.2) is 5.96 Å². The van der Waals surface area contributed by atoms with Crippen molar-refractivity contribution in [1.29, 1.82) is 0 Å². The van der Waals surface area contributed by atoms with E-state index < -0.39 is 11.7 Å². The highest BCUT2D eigenvalue weighted by atomic mass is 19.4. The van der Waals surface area contributed by atoms with E-state index in [1.807, 2.05) is 11.8 Å². The average molecular weight is 425 g/mol. The number of benzene rings is 1. The zero-order valence-corrected chi connectivity index (χ0v) is 17.6. The maximum Gasteiger partial charge on any atom is 0.416 e. The van der Waals surface area contributed by atoms with Gasteiger partial charge in [0.2, 0.25) is 5.91 Å². The summed E-state index contributed by atoms with van der Waals surface area (Å²) in [6, 6.07) is 5.18. The number of carbonyl (C=O) groups is 1. The topological polar surface area (TPSA) is 51.2 Å². The van der Waals surface area contributed by atoms with E-state index in [4.69, 9.17) is 0 Å². The van der Waals surface area contributed by atoms with Crippen LogP contribution in [0.2, 0.25) is 0 Å². The highest BCUT2D eigenvalue weighted by molar-refractivity contribution is 5.82. The van der Waals surface area contributed by atoms with E-state index in [2.05, 4.69) is 20.1 Å². The highest BCUT2D eigenvalue weighted by Gasteiger charge is 2.31. The summed E-state index contributed by atoms with van der Waals surface area (Å²) in [5.41, 5.74) is -0.100. The Hall–Kier alpha value is -2.29. The van der Waals surface area contributed by atoms with Crippen molar-refractivity contribution in [3.8, 4) is 0 Å². The van der Waals surface area contributed by atoms with E-state index in [9.17, 15) is 18.0 Å². The van der Waals surface area contributed by atoms with E-state index in [0.29, 0.717) is 24.6 Å². The maximum absolute atomic E-state index is 12.9. The molecule has 0 bridgehead atoms. The third-order valence-electron chi connectivity index (χ3n) is 5.85. The number of halogens is 3. The van der Waals surface area contributed by atoms with Crippen LogP contribution in [0.15, 0.2) is 29.3 Å². The van der Waals surface area contributed by atoms with Gasteiger partial charge in [-0.05, 0) is 37.5 Å². The molecule has 0 spiro atoms. The molecule has 30 heavy (non-hydrogen) atoms. The molecule has 9 heteroatoms. The lowest BCUT2D eigenvalue weighted by molar-refractivity contribution is -0.137. The summed E-state index contributed by atoms with van der Waals surface area (Å²) in [6.07, 6.45) is -2.18. The van der Waals surface area contributed by atoms with E-state index in [0.717, 1.165) is 51.2 Å². The van der Waals surface area contributed by atoms with Gasteiger partial charge in [-0.2, -0.15) is 13.2 Å². The fraction of sp³-hybridized carbons (Fsp3) is 0.619. The third-order valence-corrected chi connectivity index (χ3v) is 5.85. The van der Waals surface area contributed by atoms with Gasteiger partial charge in [-0.15, -0.1) is 0 Å². The predicted molar refractivity (Wildman–Crippen MR) is 110 cm³/mol. The van der Waals surface area contributed by atoms with Crippen LogP contribution < -0.4 is 5.32 Å². The minimum atomic E-state index is -4.35. The Morgan fingerprint density at radius 2 is 1.77 bits per heavy atom. The molecule has 2 saturated heterocycles. The SMILES string of the molecule is CN=C(NCc1cccc(C(F)(F)F)c1)N1CCN(C(C)C(=O)N2CCCC2)CC1. The van der Waals surface area contributed by atoms with Crippen LogP contribution in [0.3, 0.4) is 0 Å². The summed E-state index contributed by atoms with van der Waals surface area (Å²) in [6.45, 7) is 6.85. The maximum atomic E-state index is 12.9. The molecule has 1 unspecified atom stereocenters. The molecule has 0 aromatic heterocycles. The first-order chi connectivity index (χ1) is 14.3. The van der Waals surface area contributed by atoms with Crippen molar-refractivity contribution in [2.45, 2.75) is 38.5 Å². The molecule has 166 valence electrons. The quantitative estimate of drug-likeness (QED) is 0.595. The largest absolute Gasteiger partial charge is 0.416 e. The van der Waals surface area contributed by atoms with Crippen LogP contribution in [0.1, 0.15) is 30.9 Å². The minimum absolute atomic E-state index is 0.134. The van der Waals surface area contributed by atoms with Crippen molar-refractivity contribution in [1.82, 2.24) is 20.0 Å². The fourth-order valence-electron chi connectivity index (χ4n) is 4.05. The van der Waals surface area contributed by atoms with E-state index in [1.165, 1.54) is 6.07 Å². The normalized spacial score (nSPS) is 19.8. The molecule has 6 nitrogen and oxygen atoms in total. The number of hydrogen-bond donors (Lipinski definition) is 1. The Labute approximate surface area is 175 Å². The fourth-order valence-corrected chi connectivity index (χ4v) is 4.05. The summed E-state index contributed by atoms with van der Waals surface area (Å²) in [7, 11) is 1.67. The van der Waals surface area contributed by atoms with Crippen molar-refractivity contribution in [3.63, 3.8) is 0 Å². The molecular weight excluding hydrogens is 395 g/mol. The van der Waals surface area contributed by atoms with Crippen LogP contribution in [0.4, 0.5) is 13.2 Å². The van der Waals surface area contributed by atoms with Gasteiger partial charge >= 0.3 is 6.18 Å². The molecule has 0 saturated carbocycles. The standard InChI is InChI=1S/C21H30F3N5O/c1-16(19(30)28-8-3-4-9-28)27-10-12-29(13-11-27)20(25-2)26-15-17-6-5-7-18(14-17)21(22,23)24/h5-7,14,16H,3-4,8-13,15H2,1-2H3,(H,25,26). The van der Waals surface area contributed by atoms with E-state index in [1.54, 1.807) is 13.1 Å². The van der Waals surface area contributed by atoms with E-state index in [-0.39, 0.29) is 18.5 Å². The Morgan fingerprint density at radius 1 is 1.10 bits per heavy atom. The number of piperazine rings is 1. The summed E-state index contributed by atoms with van der Waals surface area (Å²) in [4.78, 5) is 23.1. The van der Waals surface area contributed by atoms with Crippen molar-refractivity contribution >= 4 is 11.9 Å². The van der Waals surface area contributed by atoms with Crippen LogP contribution in [0.25, 0.3) is 0 Å². The van der Waals surface area contributed by atoms with Gasteiger partial charge in [0.05, 0.1) is 11.6 Å². The highest BCUT2D eigenvalue weighted by Crippen LogP contribution is 2.29. The van der Waals surface area contributed by atoms with Gasteiger partial charge in [0.25, 0.3) is 0 Å². The lowest BCUT2D eigenvalue weighted by Crippen LogP contribution is -2.57. The number of nitrogens with zero attached hydrogens (tertiary/aromatic N) is 4. The average Bonchev–Trinajstić information content (AvgIpc) is 3.28. The van der Waals surface area contributed by atoms with Crippen molar-refractivity contribution in [2.24, 2.45) is 4.99 Å². The summed E-state index contributed by atoms with van der Waals surface area (Å²) in [5.74, 6) is 0.860. The lowest BCUT2D eigenvalue weighted by atomic mass is 10.1. The van der Waals surface area contributed by atoms with Crippen LogP contribution in [-0.2, 0) is 17.5 Å². The predicted octanol–water partition coefficient (Wildman–Crippen LogP) is 2.41. The summed E-state index contributed by atoms with van der Waals surface area (Å²) in [5, 5.41) is 3.16. The molecule has 2 heterocycles. The minimum Gasteiger partial charge on any atom is -0.352 e. The van der Waals surface area contributed by atoms with Gasteiger partial charge in [-0.1, -0.05) is 12.1 Å². The second-order valence-electron chi connectivity index (χ2n) is 7.83. The van der Waals surface area contributed by atoms with Crippen molar-refractivity contribution in [2.75, 3.05) is 46.3 Å². The van der Waals surface area contributed by atoms with Crippen LogP contribution in [0.5, 0.6) is 0 Å². The second kappa shape index (κ2) is 9.68. The molecule has 1 aromatic rings. The molecule has 2 aliphatic rings. The number of rotatable bonds is 4. The number of nitrogens with one attached hydrogen (secondary N) is 1. The molecule has 0 radical (unpaired) electrons. The number of carbonyl (C=O) groups excluding carboxylic acids is 1. The van der Waals surface area contributed by atoms with Crippen LogP contribution in [0, 0.1) is 0 Å². The number of guanidine groups is 1. The van der Waals surface area contributed by atoms with Crippen molar-refractivity contribution in [3.05, 3.63) is 35.4 Å². The first-order valence-corrected chi connectivity index (χ1v) is 10.4. The Morgan fingerprint density at radius 3 is 2.37 bits per heavy atom. The van der Waals surface area contributed by atoms with Crippen molar-refractivity contribution < 1.29 is 18.0 Å². The smallest absolute Gasteiger partial charge is 0.352 e. The van der Waals surface area contributed by atoms with Gasteiger partial charge < -0.3 is 15.1 Å². The van der Waals surface area contributed by atoms with Crippen LogP contribution >= 0.6 is 0 Å². The number of likely N-dealkylation sites (tertiary alicyclic amines) is 1. The molecule has 3 rings (SSSR count). The van der Waals surface area contributed by atoms with Gasteiger partial charge in [-0.25, -0.2) is 0 Å². The Bertz CT molecular complexity index is 753. The first kappa shape index (κ1) is 22.4. The molecule has 1 atom stereocenters. The molecule has 2 fully saturated rings.